The minimum absolute atomic E-state index is 0.288. The van der Waals surface area contributed by atoms with Crippen LogP contribution in [0, 0.1) is 0 Å². The number of carbonyl (C=O) groups is 1. The molecule has 0 aliphatic carbocycles. The molecule has 3 aromatic rings. The zero-order chi connectivity index (χ0) is 18.8. The summed E-state index contributed by atoms with van der Waals surface area (Å²) in [7, 11) is 1.64. The second-order valence-corrected chi connectivity index (χ2v) is 7.11. The van der Waals surface area contributed by atoms with E-state index in [1.165, 1.54) is 0 Å². The van der Waals surface area contributed by atoms with Gasteiger partial charge in [-0.2, -0.15) is 0 Å². The van der Waals surface area contributed by atoms with Crippen molar-refractivity contribution in [3.05, 3.63) is 72.3 Å². The van der Waals surface area contributed by atoms with E-state index in [4.69, 9.17) is 4.74 Å². The number of carboxylic acid groups (broad SMARTS) is 1. The predicted molar refractivity (Wildman–Crippen MR) is 108 cm³/mol. The van der Waals surface area contributed by atoms with Crippen LogP contribution in [0.5, 0.6) is 5.75 Å². The Kier molecular flexibility index (Phi) is 4.64. The Morgan fingerprint density at radius 3 is 2.63 bits per heavy atom. The molecule has 3 aromatic carbocycles. The van der Waals surface area contributed by atoms with Crippen LogP contribution in [0.25, 0.3) is 0 Å². The first-order chi connectivity index (χ1) is 13.2. The molecule has 1 aliphatic heterocycles. The van der Waals surface area contributed by atoms with E-state index in [-0.39, 0.29) is 5.56 Å². The van der Waals surface area contributed by atoms with Gasteiger partial charge in [0.15, 0.2) is 0 Å². The van der Waals surface area contributed by atoms with Crippen molar-refractivity contribution in [2.75, 3.05) is 24.0 Å². The first kappa shape index (κ1) is 17.3. The lowest BCUT2D eigenvalue weighted by molar-refractivity contribution is 0.0697. The van der Waals surface area contributed by atoms with E-state index >= 15 is 0 Å². The molecule has 0 fully saturated rings. The lowest BCUT2D eigenvalue weighted by Crippen LogP contribution is -2.28. The molecule has 0 amide bonds. The Bertz CT molecular complexity index is 992. The largest absolute Gasteiger partial charge is 0.497 e. The summed E-state index contributed by atoms with van der Waals surface area (Å²) in [5, 5.41) is 13.1. The number of para-hydroxylation sites is 2. The molecule has 0 saturated heterocycles. The number of hydrogen-bond acceptors (Lipinski definition) is 5. The van der Waals surface area contributed by atoms with Crippen LogP contribution < -0.4 is 15.0 Å². The first-order valence-electron chi connectivity index (χ1n) is 8.46. The lowest BCUT2D eigenvalue weighted by atomic mass is 10.1. The van der Waals surface area contributed by atoms with E-state index < -0.39 is 5.97 Å². The molecule has 2 N–H and O–H groups in total. The highest BCUT2D eigenvalue weighted by Crippen LogP contribution is 2.50. The fraction of sp³-hybridized carbons (Fsp3) is 0.0952. The van der Waals surface area contributed by atoms with Gasteiger partial charge in [-0.15, -0.1) is 0 Å². The third kappa shape index (κ3) is 3.31. The molecule has 0 radical (unpaired) electrons. The van der Waals surface area contributed by atoms with Gasteiger partial charge in [0, 0.05) is 15.5 Å². The standard InChI is InChI=1S/C21H18N2O3S/c1-26-15-10-11-17-19(12-15)27-18-9-5-8-16(21(24)25)20(18)23(17)13-22-14-6-3-2-4-7-14/h2-12,22H,13H2,1H3,(H,24,25). The number of benzene rings is 3. The maximum atomic E-state index is 11.8. The summed E-state index contributed by atoms with van der Waals surface area (Å²) in [4.78, 5) is 15.8. The molecule has 5 nitrogen and oxygen atoms in total. The van der Waals surface area contributed by atoms with E-state index in [0.717, 1.165) is 26.9 Å². The van der Waals surface area contributed by atoms with Gasteiger partial charge in [0.1, 0.15) is 5.75 Å². The van der Waals surface area contributed by atoms with Crippen LogP contribution in [0.3, 0.4) is 0 Å². The van der Waals surface area contributed by atoms with Gasteiger partial charge in [0.2, 0.25) is 0 Å². The zero-order valence-corrected chi connectivity index (χ0v) is 15.5. The highest BCUT2D eigenvalue weighted by atomic mass is 32.2. The molecule has 0 spiro atoms. The van der Waals surface area contributed by atoms with E-state index in [0.29, 0.717) is 12.4 Å². The summed E-state index contributed by atoms with van der Waals surface area (Å²) in [6, 6.07) is 21.1. The second kappa shape index (κ2) is 7.25. The number of hydrogen-bond donors (Lipinski definition) is 2. The average molecular weight is 378 g/mol. The Balaban J connectivity index is 1.79. The van der Waals surface area contributed by atoms with Gasteiger partial charge in [0.05, 0.1) is 30.7 Å². The van der Waals surface area contributed by atoms with Gasteiger partial charge in [0.25, 0.3) is 0 Å². The molecule has 6 heteroatoms. The molecule has 0 aromatic heterocycles. The van der Waals surface area contributed by atoms with Crippen LogP contribution in [0.2, 0.25) is 0 Å². The van der Waals surface area contributed by atoms with Crippen LogP contribution in [0.1, 0.15) is 10.4 Å². The van der Waals surface area contributed by atoms with Crippen molar-refractivity contribution in [1.29, 1.82) is 0 Å². The quantitative estimate of drug-likeness (QED) is 0.647. The van der Waals surface area contributed by atoms with Crippen LogP contribution in [0.15, 0.2) is 76.5 Å². The number of methoxy groups -OCH3 is 1. The van der Waals surface area contributed by atoms with Crippen LogP contribution in [-0.2, 0) is 0 Å². The normalized spacial score (nSPS) is 12.1. The topological polar surface area (TPSA) is 61.8 Å². The molecule has 0 unspecified atom stereocenters. The van der Waals surface area contributed by atoms with Crippen molar-refractivity contribution < 1.29 is 14.6 Å². The number of anilines is 3. The predicted octanol–water partition coefficient (Wildman–Crippen LogP) is 5.07. The SMILES string of the molecule is COc1ccc2c(c1)Sc1cccc(C(=O)O)c1N2CNc1ccccc1. The van der Waals surface area contributed by atoms with Crippen molar-refractivity contribution in [3.8, 4) is 5.75 Å². The number of rotatable bonds is 5. The average Bonchev–Trinajstić information content (AvgIpc) is 2.70. The summed E-state index contributed by atoms with van der Waals surface area (Å²) in [5.41, 5.74) is 2.91. The maximum Gasteiger partial charge on any atom is 0.337 e. The zero-order valence-electron chi connectivity index (χ0n) is 14.7. The number of nitrogens with one attached hydrogen (secondary N) is 1. The van der Waals surface area contributed by atoms with E-state index in [2.05, 4.69) is 5.32 Å². The minimum atomic E-state index is -0.936. The first-order valence-corrected chi connectivity index (χ1v) is 9.27. The fourth-order valence-electron chi connectivity index (χ4n) is 3.11. The third-order valence-corrected chi connectivity index (χ3v) is 5.49. The van der Waals surface area contributed by atoms with Gasteiger partial charge in [-0.3, -0.25) is 0 Å². The van der Waals surface area contributed by atoms with Crippen LogP contribution >= 0.6 is 11.8 Å². The van der Waals surface area contributed by atoms with E-state index in [1.54, 1.807) is 31.0 Å². The summed E-state index contributed by atoms with van der Waals surface area (Å²) in [6.45, 7) is 0.446. The number of nitrogens with zero attached hydrogens (tertiary/aromatic N) is 1. The number of fused-ring (bicyclic) bond motifs is 2. The molecule has 1 heterocycles. The molecule has 1 aliphatic rings. The van der Waals surface area contributed by atoms with Gasteiger partial charge < -0.3 is 20.1 Å². The van der Waals surface area contributed by atoms with Gasteiger partial charge in [-0.1, -0.05) is 36.0 Å². The molecule has 136 valence electrons. The molecule has 0 bridgehead atoms. The van der Waals surface area contributed by atoms with Crippen LogP contribution in [-0.4, -0.2) is 24.9 Å². The molecular weight excluding hydrogens is 360 g/mol. The highest BCUT2D eigenvalue weighted by molar-refractivity contribution is 7.99. The van der Waals surface area contributed by atoms with Crippen molar-refractivity contribution >= 4 is 34.8 Å². The Morgan fingerprint density at radius 1 is 1.07 bits per heavy atom. The fourth-order valence-corrected chi connectivity index (χ4v) is 4.27. The number of ether oxygens (including phenoxy) is 1. The lowest BCUT2D eigenvalue weighted by Gasteiger charge is -2.34. The Hall–Kier alpha value is -3.12. The van der Waals surface area contributed by atoms with Crippen molar-refractivity contribution in [2.24, 2.45) is 0 Å². The molecule has 0 atom stereocenters. The van der Waals surface area contributed by atoms with Crippen molar-refractivity contribution in [1.82, 2.24) is 0 Å². The van der Waals surface area contributed by atoms with E-state index in [9.17, 15) is 9.90 Å². The summed E-state index contributed by atoms with van der Waals surface area (Å²) >= 11 is 1.56. The molecule has 0 saturated carbocycles. The Labute approximate surface area is 161 Å². The Morgan fingerprint density at radius 2 is 1.89 bits per heavy atom. The summed E-state index contributed by atoms with van der Waals surface area (Å²) in [6.07, 6.45) is 0. The monoisotopic (exact) mass is 378 g/mol. The second-order valence-electron chi connectivity index (χ2n) is 6.02. The maximum absolute atomic E-state index is 11.8. The van der Waals surface area contributed by atoms with Gasteiger partial charge >= 0.3 is 5.97 Å². The van der Waals surface area contributed by atoms with Crippen molar-refractivity contribution in [3.63, 3.8) is 0 Å². The van der Waals surface area contributed by atoms with Crippen molar-refractivity contribution in [2.45, 2.75) is 9.79 Å². The minimum Gasteiger partial charge on any atom is -0.497 e. The third-order valence-electron chi connectivity index (χ3n) is 4.39. The number of aromatic carboxylic acids is 1. The summed E-state index contributed by atoms with van der Waals surface area (Å²) in [5.74, 6) is -0.163. The molecule has 27 heavy (non-hydrogen) atoms. The van der Waals surface area contributed by atoms with Gasteiger partial charge in [-0.05, 0) is 42.5 Å². The van der Waals surface area contributed by atoms with E-state index in [1.807, 2.05) is 59.5 Å². The molecule has 4 rings (SSSR count). The highest BCUT2D eigenvalue weighted by Gasteiger charge is 2.28. The smallest absolute Gasteiger partial charge is 0.337 e. The number of carboxylic acids is 1. The summed E-state index contributed by atoms with van der Waals surface area (Å²) < 4.78 is 5.35. The van der Waals surface area contributed by atoms with Crippen LogP contribution in [0.4, 0.5) is 17.1 Å². The van der Waals surface area contributed by atoms with Gasteiger partial charge in [-0.25, -0.2) is 4.79 Å². The molecular formula is C21H18N2O3S.